The Morgan fingerprint density at radius 1 is 1.00 bits per heavy atom. The summed E-state index contributed by atoms with van der Waals surface area (Å²) in [6, 6.07) is 15.0. The quantitative estimate of drug-likeness (QED) is 0.414. The summed E-state index contributed by atoms with van der Waals surface area (Å²) in [4.78, 5) is 26.4. The van der Waals surface area contributed by atoms with E-state index in [-0.39, 0.29) is 18.5 Å². The van der Waals surface area contributed by atoms with E-state index in [2.05, 4.69) is 34.2 Å². The van der Waals surface area contributed by atoms with Gasteiger partial charge in [-0.1, -0.05) is 24.0 Å². The van der Waals surface area contributed by atoms with E-state index in [4.69, 9.17) is 4.74 Å². The Morgan fingerprint density at radius 3 is 2.19 bits per heavy atom. The lowest BCUT2D eigenvalue weighted by Crippen LogP contribution is -2.39. The van der Waals surface area contributed by atoms with Crippen LogP contribution in [0.3, 0.4) is 0 Å². The second-order valence-electron chi connectivity index (χ2n) is 8.06. The zero-order chi connectivity index (χ0) is 22.3. The smallest absolute Gasteiger partial charge is 0.265 e. The summed E-state index contributed by atoms with van der Waals surface area (Å²) in [6.45, 7) is 4.21. The van der Waals surface area contributed by atoms with Gasteiger partial charge in [-0.3, -0.25) is 19.7 Å². The number of nitrogens with one attached hydrogen (secondary N) is 1. The van der Waals surface area contributed by atoms with Gasteiger partial charge in [-0.25, -0.2) is 5.06 Å². The van der Waals surface area contributed by atoms with Crippen molar-refractivity contribution in [3.8, 4) is 11.8 Å². The third-order valence-electron chi connectivity index (χ3n) is 5.51. The molecule has 2 aromatic rings. The minimum absolute atomic E-state index is 0.0989. The number of nitrogens with zero attached hydrogens (tertiary/aromatic N) is 2. The predicted octanol–water partition coefficient (Wildman–Crippen LogP) is 2.03. The molecule has 2 aliphatic rings. The molecule has 0 bridgehead atoms. The highest BCUT2D eigenvalue weighted by Gasteiger charge is 2.31. The molecule has 7 heteroatoms. The number of hydrogen-bond donors (Lipinski definition) is 2. The Kier molecular flexibility index (Phi) is 7.17. The molecule has 0 aromatic heterocycles. The Hall–Kier alpha value is -3.18. The van der Waals surface area contributed by atoms with E-state index in [9.17, 15) is 14.8 Å². The molecule has 32 heavy (non-hydrogen) atoms. The molecule has 1 heterocycles. The monoisotopic (exact) mass is 433 g/mol. The summed E-state index contributed by atoms with van der Waals surface area (Å²) in [5.74, 6) is 5.39. The molecule has 0 radical (unpaired) electrons. The molecular weight excluding hydrogens is 406 g/mol. The third kappa shape index (κ3) is 6.17. The first-order chi connectivity index (χ1) is 15.6. The van der Waals surface area contributed by atoms with E-state index < -0.39 is 5.91 Å². The van der Waals surface area contributed by atoms with Gasteiger partial charge in [-0.2, -0.15) is 0 Å². The number of carbonyl (C=O) groups is 2. The SMILES string of the molecule is O=C(NCC(=O)N(O)C1CC1)c1ccc(C#Cc2ccc(CN3CCOCC3)cc2)cc1. The normalized spacial score (nSPS) is 16.0. The van der Waals surface area contributed by atoms with Crippen molar-refractivity contribution in [2.75, 3.05) is 32.8 Å². The molecule has 2 amide bonds. The first-order valence-corrected chi connectivity index (χ1v) is 10.9. The van der Waals surface area contributed by atoms with E-state index in [0.717, 1.165) is 56.8 Å². The van der Waals surface area contributed by atoms with Crippen molar-refractivity contribution in [3.05, 3.63) is 70.8 Å². The first kappa shape index (κ1) is 22.0. The average molecular weight is 434 g/mol. The van der Waals surface area contributed by atoms with Gasteiger partial charge in [0.1, 0.15) is 0 Å². The molecule has 0 unspecified atom stereocenters. The van der Waals surface area contributed by atoms with Crippen LogP contribution in [0.4, 0.5) is 0 Å². The minimum atomic E-state index is -0.501. The number of ether oxygens (including phenoxy) is 1. The van der Waals surface area contributed by atoms with Crippen LogP contribution >= 0.6 is 0 Å². The third-order valence-corrected chi connectivity index (χ3v) is 5.51. The molecule has 2 fully saturated rings. The summed E-state index contributed by atoms with van der Waals surface area (Å²) in [6.07, 6.45) is 1.61. The molecule has 0 spiro atoms. The van der Waals surface area contributed by atoms with Gasteiger partial charge >= 0.3 is 0 Å². The van der Waals surface area contributed by atoms with Gasteiger partial charge < -0.3 is 10.1 Å². The zero-order valence-corrected chi connectivity index (χ0v) is 17.9. The number of hydrogen-bond acceptors (Lipinski definition) is 5. The van der Waals surface area contributed by atoms with Crippen molar-refractivity contribution >= 4 is 11.8 Å². The number of amides is 2. The van der Waals surface area contributed by atoms with Crippen molar-refractivity contribution < 1.29 is 19.5 Å². The highest BCUT2D eigenvalue weighted by atomic mass is 16.5. The van der Waals surface area contributed by atoms with Crippen molar-refractivity contribution in [1.29, 1.82) is 0 Å². The van der Waals surface area contributed by atoms with Gasteiger partial charge in [-0.05, 0) is 54.8 Å². The minimum Gasteiger partial charge on any atom is -0.379 e. The lowest BCUT2D eigenvalue weighted by molar-refractivity contribution is -0.166. The molecule has 166 valence electrons. The van der Waals surface area contributed by atoms with Crippen LogP contribution < -0.4 is 5.32 Å². The van der Waals surface area contributed by atoms with E-state index in [1.807, 2.05) is 12.1 Å². The molecule has 0 atom stereocenters. The van der Waals surface area contributed by atoms with Gasteiger partial charge in [0, 0.05) is 36.3 Å². The molecule has 1 aliphatic carbocycles. The van der Waals surface area contributed by atoms with Gasteiger partial charge in [-0.15, -0.1) is 0 Å². The molecule has 2 N–H and O–H groups in total. The lowest BCUT2D eigenvalue weighted by atomic mass is 10.1. The molecular formula is C25H27N3O4. The summed E-state index contributed by atoms with van der Waals surface area (Å²) < 4.78 is 5.38. The van der Waals surface area contributed by atoms with Crippen LogP contribution in [0.1, 0.15) is 39.9 Å². The highest BCUT2D eigenvalue weighted by Crippen LogP contribution is 2.24. The van der Waals surface area contributed by atoms with E-state index in [0.29, 0.717) is 10.6 Å². The Bertz CT molecular complexity index is 998. The molecule has 2 aromatic carbocycles. The van der Waals surface area contributed by atoms with Crippen LogP contribution in [-0.4, -0.2) is 65.9 Å². The number of carbonyl (C=O) groups excluding carboxylic acids is 2. The second-order valence-corrected chi connectivity index (χ2v) is 8.06. The van der Waals surface area contributed by atoms with Crippen molar-refractivity contribution in [1.82, 2.24) is 15.3 Å². The van der Waals surface area contributed by atoms with Crippen LogP contribution in [0.25, 0.3) is 0 Å². The van der Waals surface area contributed by atoms with Gasteiger partial charge in [0.15, 0.2) is 0 Å². The Balaban J connectivity index is 1.28. The predicted molar refractivity (Wildman–Crippen MR) is 119 cm³/mol. The van der Waals surface area contributed by atoms with Crippen LogP contribution in [0.15, 0.2) is 48.5 Å². The zero-order valence-electron chi connectivity index (χ0n) is 17.9. The van der Waals surface area contributed by atoms with Gasteiger partial charge in [0.05, 0.1) is 25.8 Å². The van der Waals surface area contributed by atoms with Gasteiger partial charge in [0.2, 0.25) is 0 Å². The molecule has 1 saturated heterocycles. The van der Waals surface area contributed by atoms with Crippen molar-refractivity contribution in [3.63, 3.8) is 0 Å². The number of morpholine rings is 1. The van der Waals surface area contributed by atoms with Crippen LogP contribution in [0.2, 0.25) is 0 Å². The summed E-state index contributed by atoms with van der Waals surface area (Å²) in [5.41, 5.74) is 3.42. The maximum atomic E-state index is 12.2. The number of benzene rings is 2. The van der Waals surface area contributed by atoms with Crippen molar-refractivity contribution in [2.24, 2.45) is 0 Å². The average Bonchev–Trinajstić information content (AvgIpc) is 3.68. The fourth-order valence-corrected chi connectivity index (χ4v) is 3.42. The molecule has 1 aliphatic heterocycles. The summed E-state index contributed by atoms with van der Waals surface area (Å²) >= 11 is 0. The molecule has 7 nitrogen and oxygen atoms in total. The highest BCUT2D eigenvalue weighted by molar-refractivity contribution is 5.96. The fourth-order valence-electron chi connectivity index (χ4n) is 3.42. The standard InChI is InChI=1S/C25H27N3O4/c29-24(28(31)23-11-12-23)17-26-25(30)22-9-7-20(8-10-22)2-1-19-3-5-21(6-4-19)18-27-13-15-32-16-14-27/h3-10,23,31H,11-18H2,(H,26,30). The van der Waals surface area contributed by atoms with E-state index in [1.54, 1.807) is 24.3 Å². The molecule has 4 rings (SSSR count). The van der Waals surface area contributed by atoms with E-state index >= 15 is 0 Å². The Labute approximate surface area is 187 Å². The molecule has 1 saturated carbocycles. The Morgan fingerprint density at radius 2 is 1.59 bits per heavy atom. The fraction of sp³-hybridized carbons (Fsp3) is 0.360. The van der Waals surface area contributed by atoms with E-state index in [1.165, 1.54) is 5.56 Å². The van der Waals surface area contributed by atoms with Crippen LogP contribution in [-0.2, 0) is 16.1 Å². The maximum Gasteiger partial charge on any atom is 0.265 e. The largest absolute Gasteiger partial charge is 0.379 e. The van der Waals surface area contributed by atoms with Crippen molar-refractivity contribution in [2.45, 2.75) is 25.4 Å². The lowest BCUT2D eigenvalue weighted by Gasteiger charge is -2.26. The summed E-state index contributed by atoms with van der Waals surface area (Å²) in [7, 11) is 0. The number of hydroxylamine groups is 2. The first-order valence-electron chi connectivity index (χ1n) is 10.9. The number of rotatable bonds is 6. The second kappa shape index (κ2) is 10.4. The summed E-state index contributed by atoms with van der Waals surface area (Å²) in [5, 5.41) is 12.9. The topological polar surface area (TPSA) is 82.1 Å². The van der Waals surface area contributed by atoms with Crippen LogP contribution in [0.5, 0.6) is 0 Å². The van der Waals surface area contributed by atoms with Gasteiger partial charge in [0.25, 0.3) is 11.8 Å². The van der Waals surface area contributed by atoms with Crippen LogP contribution in [0, 0.1) is 11.8 Å². The maximum absolute atomic E-state index is 12.2.